The number of benzene rings is 3. The second-order valence-electron chi connectivity index (χ2n) is 6.85. The highest BCUT2D eigenvalue weighted by Crippen LogP contribution is 2.36. The lowest BCUT2D eigenvalue weighted by molar-refractivity contribution is -0.112. The van der Waals surface area contributed by atoms with Crippen LogP contribution < -0.4 is 10.1 Å². The smallest absolute Gasteiger partial charge is 0.335 e. The van der Waals surface area contributed by atoms with Crippen LogP contribution in [0.3, 0.4) is 0 Å². The second-order valence-corrected chi connectivity index (χ2v) is 8.51. The Morgan fingerprint density at radius 3 is 2.32 bits per heavy atom. The minimum absolute atomic E-state index is 0.00525. The van der Waals surface area contributed by atoms with Gasteiger partial charge in [-0.15, -0.1) is 0 Å². The molecule has 0 bridgehead atoms. The van der Waals surface area contributed by atoms with Crippen LogP contribution in [0.1, 0.15) is 21.5 Å². The van der Waals surface area contributed by atoms with Gasteiger partial charge in [-0.2, -0.15) is 5.26 Å². The van der Waals surface area contributed by atoms with Gasteiger partial charge in [0.2, 0.25) is 0 Å². The SMILES string of the molecule is N#C/C(=C/c1cc(Cl)c(OCc2ccc(Cl)cc2Cl)c(Cl)c1)C(=O)Nc1cccc(C(=O)O)c1. The minimum atomic E-state index is -1.14. The number of rotatable bonds is 7. The summed E-state index contributed by atoms with van der Waals surface area (Å²) in [4.78, 5) is 23.6. The first kappa shape index (κ1) is 25.4. The monoisotopic (exact) mass is 534 g/mol. The Hall–Kier alpha value is -3.21. The van der Waals surface area contributed by atoms with E-state index in [1.54, 1.807) is 18.2 Å². The summed E-state index contributed by atoms with van der Waals surface area (Å²) in [7, 11) is 0. The summed E-state index contributed by atoms with van der Waals surface area (Å²) < 4.78 is 5.71. The van der Waals surface area contributed by atoms with Crippen molar-refractivity contribution in [3.8, 4) is 11.8 Å². The first-order valence-corrected chi connectivity index (χ1v) is 11.0. The van der Waals surface area contributed by atoms with Gasteiger partial charge in [-0.1, -0.05) is 58.5 Å². The fourth-order valence-corrected chi connectivity index (χ4v) is 3.91. The number of carbonyl (C=O) groups is 2. The van der Waals surface area contributed by atoms with Crippen molar-refractivity contribution in [2.45, 2.75) is 6.61 Å². The molecule has 3 rings (SSSR count). The number of carboxylic acids is 1. The Kier molecular flexibility index (Phi) is 8.43. The van der Waals surface area contributed by atoms with E-state index in [9.17, 15) is 14.9 Å². The second kappa shape index (κ2) is 11.3. The molecular formula is C24H14Cl4N2O4. The number of hydrogen-bond acceptors (Lipinski definition) is 4. The van der Waals surface area contributed by atoms with Gasteiger partial charge in [0.1, 0.15) is 18.2 Å². The van der Waals surface area contributed by atoms with E-state index in [1.807, 2.05) is 6.07 Å². The molecule has 0 atom stereocenters. The predicted octanol–water partition coefficient (Wildman–Crippen LogP) is 7.12. The van der Waals surface area contributed by atoms with Gasteiger partial charge in [0.05, 0.1) is 15.6 Å². The van der Waals surface area contributed by atoms with Crippen LogP contribution in [0.4, 0.5) is 5.69 Å². The molecule has 0 saturated heterocycles. The van der Waals surface area contributed by atoms with E-state index in [0.29, 0.717) is 21.2 Å². The highest BCUT2D eigenvalue weighted by atomic mass is 35.5. The van der Waals surface area contributed by atoms with Gasteiger partial charge in [0, 0.05) is 21.3 Å². The van der Waals surface area contributed by atoms with E-state index >= 15 is 0 Å². The topological polar surface area (TPSA) is 99.4 Å². The zero-order valence-electron chi connectivity index (χ0n) is 17.1. The van der Waals surface area contributed by atoms with Crippen LogP contribution >= 0.6 is 46.4 Å². The third kappa shape index (κ3) is 6.43. The first-order chi connectivity index (χ1) is 16.2. The van der Waals surface area contributed by atoms with Crippen LogP contribution in [-0.2, 0) is 11.4 Å². The first-order valence-electron chi connectivity index (χ1n) is 9.50. The minimum Gasteiger partial charge on any atom is -0.486 e. The van der Waals surface area contributed by atoms with Crippen molar-refractivity contribution in [3.05, 3.63) is 97.0 Å². The zero-order valence-corrected chi connectivity index (χ0v) is 20.1. The van der Waals surface area contributed by atoms with Gasteiger partial charge in [-0.05, 0) is 54.1 Å². The summed E-state index contributed by atoms with van der Waals surface area (Å²) in [5.74, 6) is -1.66. The Morgan fingerprint density at radius 2 is 1.71 bits per heavy atom. The molecule has 10 heteroatoms. The summed E-state index contributed by atoms with van der Waals surface area (Å²) >= 11 is 24.7. The maximum atomic E-state index is 12.5. The molecule has 0 saturated carbocycles. The standard InChI is InChI=1S/C24H14Cl4N2O4/c25-17-5-4-15(19(26)10-17)12-34-22-20(27)7-13(8-21(22)28)6-16(11-29)23(31)30-18-3-1-2-14(9-18)24(32)33/h1-10H,12H2,(H,30,31)(H,32,33)/b16-6-. The molecule has 0 aromatic heterocycles. The van der Waals surface area contributed by atoms with E-state index in [2.05, 4.69) is 5.32 Å². The maximum Gasteiger partial charge on any atom is 0.335 e. The third-order valence-corrected chi connectivity index (χ3v) is 5.60. The third-order valence-electron chi connectivity index (χ3n) is 4.45. The number of halogens is 4. The molecule has 0 spiro atoms. The summed E-state index contributed by atoms with van der Waals surface area (Å²) in [5, 5.41) is 22.3. The highest BCUT2D eigenvalue weighted by Gasteiger charge is 2.14. The Labute approximate surface area is 214 Å². The van der Waals surface area contributed by atoms with Gasteiger partial charge < -0.3 is 15.2 Å². The maximum absolute atomic E-state index is 12.5. The van der Waals surface area contributed by atoms with E-state index in [0.717, 1.165) is 0 Å². The van der Waals surface area contributed by atoms with E-state index < -0.39 is 11.9 Å². The molecular weight excluding hydrogens is 522 g/mol. The fourth-order valence-electron chi connectivity index (χ4n) is 2.83. The molecule has 0 radical (unpaired) electrons. The number of aromatic carboxylic acids is 1. The van der Waals surface area contributed by atoms with Crippen molar-refractivity contribution in [2.75, 3.05) is 5.32 Å². The molecule has 2 N–H and O–H groups in total. The molecule has 34 heavy (non-hydrogen) atoms. The van der Waals surface area contributed by atoms with Gasteiger partial charge in [0.15, 0.2) is 5.75 Å². The predicted molar refractivity (Wildman–Crippen MR) is 133 cm³/mol. The lowest BCUT2D eigenvalue weighted by atomic mass is 10.1. The average Bonchev–Trinajstić information content (AvgIpc) is 2.78. The van der Waals surface area contributed by atoms with Gasteiger partial charge in [-0.3, -0.25) is 4.79 Å². The number of amides is 1. The normalized spacial score (nSPS) is 11.0. The molecule has 0 aliphatic heterocycles. The van der Waals surface area contributed by atoms with Crippen molar-refractivity contribution in [1.82, 2.24) is 0 Å². The van der Waals surface area contributed by atoms with Crippen LogP contribution in [0.25, 0.3) is 6.08 Å². The molecule has 0 aliphatic carbocycles. The molecule has 3 aromatic carbocycles. The fraction of sp³-hybridized carbons (Fsp3) is 0.0417. The number of nitrogens with one attached hydrogen (secondary N) is 1. The van der Waals surface area contributed by atoms with Gasteiger partial charge in [0.25, 0.3) is 5.91 Å². The number of carboxylic acid groups (broad SMARTS) is 1. The van der Waals surface area contributed by atoms with Crippen molar-refractivity contribution >= 4 is 70.0 Å². The van der Waals surface area contributed by atoms with Crippen molar-refractivity contribution in [3.63, 3.8) is 0 Å². The number of carbonyl (C=O) groups excluding carboxylic acids is 1. The molecule has 0 aliphatic rings. The van der Waals surface area contributed by atoms with Crippen molar-refractivity contribution in [2.24, 2.45) is 0 Å². The van der Waals surface area contributed by atoms with Gasteiger partial charge >= 0.3 is 5.97 Å². The number of ether oxygens (including phenoxy) is 1. The van der Waals surface area contributed by atoms with Crippen LogP contribution in [0, 0.1) is 11.3 Å². The van der Waals surface area contributed by atoms with Crippen LogP contribution in [0.5, 0.6) is 5.75 Å². The molecule has 0 fully saturated rings. The average molecular weight is 536 g/mol. The lowest BCUT2D eigenvalue weighted by Crippen LogP contribution is -2.14. The summed E-state index contributed by atoms with van der Waals surface area (Å²) in [6.45, 7) is 0.0892. The molecule has 6 nitrogen and oxygen atoms in total. The van der Waals surface area contributed by atoms with E-state index in [-0.39, 0.29) is 39.2 Å². The number of anilines is 1. The number of nitriles is 1. The summed E-state index contributed by atoms with van der Waals surface area (Å²) in [5.41, 5.74) is 1.05. The van der Waals surface area contributed by atoms with Gasteiger partial charge in [-0.25, -0.2) is 4.79 Å². The van der Waals surface area contributed by atoms with E-state index in [1.165, 1.54) is 42.5 Å². The largest absolute Gasteiger partial charge is 0.486 e. The van der Waals surface area contributed by atoms with Crippen LogP contribution in [-0.4, -0.2) is 17.0 Å². The van der Waals surface area contributed by atoms with E-state index in [4.69, 9.17) is 56.2 Å². The highest BCUT2D eigenvalue weighted by molar-refractivity contribution is 6.37. The van der Waals surface area contributed by atoms with Crippen LogP contribution in [0.2, 0.25) is 20.1 Å². The van der Waals surface area contributed by atoms with Crippen molar-refractivity contribution < 1.29 is 19.4 Å². The van der Waals surface area contributed by atoms with Crippen LogP contribution in [0.15, 0.2) is 60.2 Å². The molecule has 1 amide bonds. The summed E-state index contributed by atoms with van der Waals surface area (Å²) in [6.07, 6.45) is 1.30. The zero-order chi connectivity index (χ0) is 24.8. The Morgan fingerprint density at radius 1 is 1.00 bits per heavy atom. The Balaban J connectivity index is 1.78. The number of hydrogen-bond donors (Lipinski definition) is 2. The lowest BCUT2D eigenvalue weighted by Gasteiger charge is -2.12. The molecule has 0 heterocycles. The van der Waals surface area contributed by atoms with Crippen molar-refractivity contribution in [1.29, 1.82) is 5.26 Å². The molecule has 3 aromatic rings. The quantitative estimate of drug-likeness (QED) is 0.248. The summed E-state index contributed by atoms with van der Waals surface area (Å²) in [6, 6.07) is 15.4. The molecule has 0 unspecified atom stereocenters. The number of nitrogens with zero attached hydrogens (tertiary/aromatic N) is 1. The molecule has 172 valence electrons. The Bertz CT molecular complexity index is 1330.